The van der Waals surface area contributed by atoms with Gasteiger partial charge in [0.05, 0.1) is 11.2 Å². The Balaban J connectivity index is 1.18. The smallest absolute Gasteiger partial charge is 0.410 e. The van der Waals surface area contributed by atoms with Crippen LogP contribution in [0.25, 0.3) is 16.6 Å². The molecule has 4 heterocycles. The van der Waals surface area contributed by atoms with Gasteiger partial charge in [-0.15, -0.1) is 0 Å². The second-order valence-electron chi connectivity index (χ2n) is 12.5. The van der Waals surface area contributed by atoms with Crippen LogP contribution < -0.4 is 10.3 Å². The SMILES string of the molecule is Cn1c2c(c3ccc(-n4ccc(OCc5ccccc5)cc4=O)cc31)CN(CC1CCCN1C(=O)OC(C)(C)C)CC2. The molecule has 1 atom stereocenters. The fraction of sp³-hybridized carbons (Fsp3) is 0.412. The van der Waals surface area contributed by atoms with Crippen molar-refractivity contribution in [2.75, 3.05) is 19.6 Å². The summed E-state index contributed by atoms with van der Waals surface area (Å²) in [6.45, 7) is 9.58. The van der Waals surface area contributed by atoms with E-state index < -0.39 is 5.60 Å². The quantitative estimate of drug-likeness (QED) is 0.300. The number of nitrogens with zero attached hydrogens (tertiary/aromatic N) is 4. The van der Waals surface area contributed by atoms with Crippen LogP contribution in [0.1, 0.15) is 50.4 Å². The van der Waals surface area contributed by atoms with E-state index in [2.05, 4.69) is 28.6 Å². The second-order valence-corrected chi connectivity index (χ2v) is 12.5. The predicted molar refractivity (Wildman–Crippen MR) is 164 cm³/mol. The van der Waals surface area contributed by atoms with Crippen LogP contribution in [0.4, 0.5) is 4.79 Å². The highest BCUT2D eigenvalue weighted by atomic mass is 16.6. The zero-order chi connectivity index (χ0) is 29.4. The topological polar surface area (TPSA) is 68.9 Å². The van der Waals surface area contributed by atoms with Gasteiger partial charge in [-0.2, -0.15) is 0 Å². The van der Waals surface area contributed by atoms with Crippen LogP contribution in [0.3, 0.4) is 0 Å². The summed E-state index contributed by atoms with van der Waals surface area (Å²) < 4.78 is 15.5. The third-order valence-corrected chi connectivity index (χ3v) is 8.36. The van der Waals surface area contributed by atoms with Crippen molar-refractivity contribution in [1.29, 1.82) is 0 Å². The third kappa shape index (κ3) is 5.81. The van der Waals surface area contributed by atoms with E-state index in [1.54, 1.807) is 16.8 Å². The van der Waals surface area contributed by atoms with E-state index in [0.29, 0.717) is 12.4 Å². The highest BCUT2D eigenvalue weighted by Crippen LogP contribution is 2.32. The van der Waals surface area contributed by atoms with Gasteiger partial charge in [0.1, 0.15) is 18.0 Å². The van der Waals surface area contributed by atoms with Crippen LogP contribution in [0, 0.1) is 0 Å². The number of rotatable bonds is 6. The molecular formula is C34H40N4O4. The van der Waals surface area contributed by atoms with Crippen LogP contribution in [0.2, 0.25) is 0 Å². The lowest BCUT2D eigenvalue weighted by molar-refractivity contribution is 0.0192. The molecule has 0 N–H and O–H groups in total. The van der Waals surface area contributed by atoms with Crippen molar-refractivity contribution in [2.45, 2.75) is 64.8 Å². The van der Waals surface area contributed by atoms with Gasteiger partial charge in [-0.25, -0.2) is 4.79 Å². The van der Waals surface area contributed by atoms with Crippen LogP contribution in [0.15, 0.2) is 71.7 Å². The monoisotopic (exact) mass is 568 g/mol. The van der Waals surface area contributed by atoms with Crippen molar-refractivity contribution in [3.05, 3.63) is 94.0 Å². The minimum Gasteiger partial charge on any atom is -0.489 e. The highest BCUT2D eigenvalue weighted by Gasteiger charge is 2.34. The lowest BCUT2D eigenvalue weighted by atomic mass is 10.0. The van der Waals surface area contributed by atoms with Crippen LogP contribution in [-0.4, -0.2) is 56.3 Å². The number of fused-ring (bicyclic) bond motifs is 3. The maximum absolute atomic E-state index is 13.1. The molecular weight excluding hydrogens is 528 g/mol. The van der Waals surface area contributed by atoms with Gasteiger partial charge in [-0.3, -0.25) is 14.3 Å². The number of carbonyl (C=O) groups is 1. The maximum atomic E-state index is 13.1. The molecule has 1 amide bonds. The summed E-state index contributed by atoms with van der Waals surface area (Å²) >= 11 is 0. The molecule has 0 aliphatic carbocycles. The standard InChI is InChI=1S/C34H40N4O4/c1-34(2,3)42-33(40)38-16-8-11-26(38)21-36-17-15-30-29(22-36)28-13-12-25(19-31(28)35(30)4)37-18-14-27(20-32(37)39)41-23-24-9-6-5-7-10-24/h5-7,9-10,12-14,18-20,26H,8,11,15-17,21-23H2,1-4H3. The summed E-state index contributed by atoms with van der Waals surface area (Å²) in [4.78, 5) is 30.3. The lowest BCUT2D eigenvalue weighted by Gasteiger charge is -2.34. The van der Waals surface area contributed by atoms with Gasteiger partial charge in [-0.1, -0.05) is 36.4 Å². The maximum Gasteiger partial charge on any atom is 0.410 e. The Kier molecular flexibility index (Phi) is 7.58. The van der Waals surface area contributed by atoms with Gasteiger partial charge in [0.2, 0.25) is 0 Å². The first-order chi connectivity index (χ1) is 20.2. The van der Waals surface area contributed by atoms with E-state index in [-0.39, 0.29) is 17.7 Å². The Bertz CT molecular complexity index is 1650. The molecule has 2 aromatic heterocycles. The van der Waals surface area contributed by atoms with Gasteiger partial charge in [0, 0.05) is 69.0 Å². The number of aromatic nitrogens is 2. The van der Waals surface area contributed by atoms with E-state index >= 15 is 0 Å². The first-order valence-electron chi connectivity index (χ1n) is 14.9. The third-order valence-electron chi connectivity index (χ3n) is 8.36. The molecule has 0 bridgehead atoms. The largest absolute Gasteiger partial charge is 0.489 e. The number of amides is 1. The van der Waals surface area contributed by atoms with E-state index in [4.69, 9.17) is 9.47 Å². The Hall–Kier alpha value is -4.04. The van der Waals surface area contributed by atoms with Crippen molar-refractivity contribution in [3.8, 4) is 11.4 Å². The molecule has 2 aliphatic rings. The Morgan fingerprint density at radius 2 is 1.83 bits per heavy atom. The zero-order valence-corrected chi connectivity index (χ0v) is 25.0. The molecule has 0 spiro atoms. The van der Waals surface area contributed by atoms with E-state index in [1.165, 1.54) is 16.6 Å². The van der Waals surface area contributed by atoms with Gasteiger partial charge in [0.15, 0.2) is 0 Å². The minimum atomic E-state index is -0.491. The average Bonchev–Trinajstić information content (AvgIpc) is 3.54. The fourth-order valence-corrected chi connectivity index (χ4v) is 6.31. The van der Waals surface area contributed by atoms with Gasteiger partial charge in [-0.05, 0) is 62.9 Å². The molecule has 4 aromatic rings. The van der Waals surface area contributed by atoms with Crippen molar-refractivity contribution in [1.82, 2.24) is 18.9 Å². The van der Waals surface area contributed by atoms with E-state index in [9.17, 15) is 9.59 Å². The number of ether oxygens (including phenoxy) is 2. The van der Waals surface area contributed by atoms with Crippen LogP contribution >= 0.6 is 0 Å². The van der Waals surface area contributed by atoms with E-state index in [0.717, 1.165) is 62.2 Å². The second kappa shape index (κ2) is 11.3. The predicted octanol–water partition coefficient (Wildman–Crippen LogP) is 5.67. The molecule has 220 valence electrons. The first kappa shape index (κ1) is 28.1. The number of carbonyl (C=O) groups excluding carboxylic acids is 1. The Labute approximate surface area is 247 Å². The molecule has 42 heavy (non-hydrogen) atoms. The zero-order valence-electron chi connectivity index (χ0n) is 25.0. The number of hydrogen-bond acceptors (Lipinski definition) is 5. The molecule has 1 saturated heterocycles. The molecule has 2 aromatic carbocycles. The van der Waals surface area contributed by atoms with Crippen molar-refractivity contribution >= 4 is 17.0 Å². The molecule has 1 unspecified atom stereocenters. The number of likely N-dealkylation sites (tertiary alicyclic amines) is 1. The average molecular weight is 569 g/mol. The Morgan fingerprint density at radius 1 is 1.02 bits per heavy atom. The summed E-state index contributed by atoms with van der Waals surface area (Å²) in [6.07, 6.45) is 4.55. The molecule has 8 nitrogen and oxygen atoms in total. The molecule has 0 saturated carbocycles. The minimum absolute atomic E-state index is 0.129. The number of aryl methyl sites for hydroxylation is 1. The summed E-state index contributed by atoms with van der Waals surface area (Å²) in [5.74, 6) is 0.558. The molecule has 0 radical (unpaired) electrons. The molecule has 6 rings (SSSR count). The summed E-state index contributed by atoms with van der Waals surface area (Å²) in [7, 11) is 2.12. The number of benzene rings is 2. The molecule has 8 heteroatoms. The summed E-state index contributed by atoms with van der Waals surface area (Å²) in [5, 5.41) is 1.22. The van der Waals surface area contributed by atoms with Crippen LogP contribution in [0.5, 0.6) is 5.75 Å². The van der Waals surface area contributed by atoms with E-state index in [1.807, 2.05) is 68.1 Å². The fourth-order valence-electron chi connectivity index (χ4n) is 6.31. The summed E-state index contributed by atoms with van der Waals surface area (Å²) in [5.41, 5.74) is 5.06. The molecule has 1 fully saturated rings. The van der Waals surface area contributed by atoms with Crippen molar-refractivity contribution < 1.29 is 14.3 Å². The Morgan fingerprint density at radius 3 is 2.60 bits per heavy atom. The van der Waals surface area contributed by atoms with Crippen molar-refractivity contribution in [3.63, 3.8) is 0 Å². The number of pyridine rings is 1. The van der Waals surface area contributed by atoms with Crippen molar-refractivity contribution in [2.24, 2.45) is 7.05 Å². The summed E-state index contributed by atoms with van der Waals surface area (Å²) in [6, 6.07) is 19.7. The normalized spacial score (nSPS) is 17.4. The molecule has 2 aliphatic heterocycles. The van der Waals surface area contributed by atoms with Gasteiger partial charge in [0.25, 0.3) is 5.56 Å². The highest BCUT2D eigenvalue weighted by molar-refractivity contribution is 5.87. The van der Waals surface area contributed by atoms with Crippen LogP contribution in [-0.2, 0) is 31.4 Å². The number of hydrogen-bond donors (Lipinski definition) is 0. The lowest BCUT2D eigenvalue weighted by Crippen LogP contribution is -2.46. The van der Waals surface area contributed by atoms with Gasteiger partial charge >= 0.3 is 6.09 Å². The van der Waals surface area contributed by atoms with Gasteiger partial charge < -0.3 is 18.9 Å². The first-order valence-corrected chi connectivity index (χ1v) is 14.9.